The molecule has 1 fully saturated rings. The van der Waals surface area contributed by atoms with Crippen molar-refractivity contribution in [1.29, 1.82) is 0 Å². The summed E-state index contributed by atoms with van der Waals surface area (Å²) in [4.78, 5) is 28.2. The monoisotopic (exact) mass is 263 g/mol. The fraction of sp³-hybridized carbons (Fsp3) is 0.538. The number of hydrogen-bond donors (Lipinski definition) is 0. The number of aromatic nitrogens is 1. The van der Waals surface area contributed by atoms with Crippen LogP contribution in [0.2, 0.25) is 0 Å². The van der Waals surface area contributed by atoms with Crippen LogP contribution in [-0.4, -0.2) is 28.8 Å². The van der Waals surface area contributed by atoms with E-state index in [0.717, 1.165) is 18.5 Å². The molecule has 2 rings (SSSR count). The number of nitro groups is 1. The molecule has 1 saturated heterocycles. The van der Waals surface area contributed by atoms with Gasteiger partial charge in [0.2, 0.25) is 5.82 Å². The van der Waals surface area contributed by atoms with Crippen LogP contribution >= 0.6 is 0 Å². The Morgan fingerprint density at radius 2 is 2.05 bits per heavy atom. The molecule has 0 radical (unpaired) electrons. The molecule has 19 heavy (non-hydrogen) atoms. The molecule has 0 amide bonds. The third-order valence-corrected chi connectivity index (χ3v) is 3.56. The zero-order chi connectivity index (χ0) is 14.0. The summed E-state index contributed by atoms with van der Waals surface area (Å²) in [5, 5.41) is 11.0. The molecule has 0 aromatic carbocycles. The third kappa shape index (κ3) is 2.89. The number of hydrogen-bond acceptors (Lipinski definition) is 5. The summed E-state index contributed by atoms with van der Waals surface area (Å²) in [6.07, 6.45) is 1.48. The maximum Gasteiger partial charge on any atom is 0.311 e. The second-order valence-electron chi connectivity index (χ2n) is 4.92. The van der Waals surface area contributed by atoms with Gasteiger partial charge in [0.25, 0.3) is 0 Å². The normalized spacial score (nSPS) is 16.4. The molecule has 1 aliphatic heterocycles. The largest absolute Gasteiger partial charge is 0.351 e. The number of carbonyl (C=O) groups is 1. The van der Waals surface area contributed by atoms with Gasteiger partial charge in [-0.25, -0.2) is 4.98 Å². The molecule has 6 nitrogen and oxygen atoms in total. The summed E-state index contributed by atoms with van der Waals surface area (Å²) in [7, 11) is 0. The molecule has 1 aromatic heterocycles. The highest BCUT2D eigenvalue weighted by atomic mass is 16.6. The van der Waals surface area contributed by atoms with E-state index >= 15 is 0 Å². The van der Waals surface area contributed by atoms with Crippen molar-refractivity contribution < 1.29 is 9.72 Å². The Balaban J connectivity index is 2.21. The Morgan fingerprint density at radius 3 is 2.58 bits per heavy atom. The lowest BCUT2D eigenvalue weighted by molar-refractivity contribution is -0.384. The predicted octanol–water partition coefficient (Wildman–Crippen LogP) is 2.10. The Hall–Kier alpha value is -1.98. The maximum absolute atomic E-state index is 11.3. The summed E-state index contributed by atoms with van der Waals surface area (Å²) < 4.78 is 0. The second-order valence-corrected chi connectivity index (χ2v) is 4.92. The van der Waals surface area contributed by atoms with Crippen LogP contribution in [0, 0.1) is 23.0 Å². The first-order chi connectivity index (χ1) is 8.99. The minimum atomic E-state index is -0.404. The topological polar surface area (TPSA) is 76.3 Å². The lowest BCUT2D eigenvalue weighted by Crippen LogP contribution is -2.36. The Kier molecular flexibility index (Phi) is 3.78. The van der Waals surface area contributed by atoms with Crippen molar-refractivity contribution in [2.75, 3.05) is 18.0 Å². The molecule has 0 aliphatic carbocycles. The number of anilines is 1. The van der Waals surface area contributed by atoms with E-state index in [1.54, 1.807) is 13.0 Å². The summed E-state index contributed by atoms with van der Waals surface area (Å²) in [5.41, 5.74) is 0.793. The average molecular weight is 263 g/mol. The van der Waals surface area contributed by atoms with Crippen LogP contribution in [0.1, 0.15) is 25.5 Å². The minimum Gasteiger partial charge on any atom is -0.351 e. The molecular weight excluding hydrogens is 246 g/mol. The van der Waals surface area contributed by atoms with Crippen molar-refractivity contribution in [3.63, 3.8) is 0 Å². The van der Waals surface area contributed by atoms with Gasteiger partial charge in [-0.2, -0.15) is 0 Å². The number of pyridine rings is 1. The standard InChI is InChI=1S/C13H17N3O3/c1-9-3-4-12(16(18)19)13(14-9)15-7-5-11(6-8-15)10(2)17/h3-4,11H,5-8H2,1-2H3. The number of piperidine rings is 1. The van der Waals surface area contributed by atoms with Gasteiger partial charge in [0.05, 0.1) is 4.92 Å². The zero-order valence-corrected chi connectivity index (χ0v) is 11.1. The summed E-state index contributed by atoms with van der Waals surface area (Å²) >= 11 is 0. The van der Waals surface area contributed by atoms with Crippen LogP contribution in [0.3, 0.4) is 0 Å². The molecule has 0 unspecified atom stereocenters. The molecule has 0 N–H and O–H groups in total. The van der Waals surface area contributed by atoms with Gasteiger partial charge in [-0.05, 0) is 32.8 Å². The minimum absolute atomic E-state index is 0.0341. The van der Waals surface area contributed by atoms with Gasteiger partial charge in [0.1, 0.15) is 5.78 Å². The lowest BCUT2D eigenvalue weighted by Gasteiger charge is -2.31. The molecule has 6 heteroatoms. The summed E-state index contributed by atoms with van der Waals surface area (Å²) in [6.45, 7) is 4.70. The first kappa shape index (κ1) is 13.5. The van der Waals surface area contributed by atoms with Crippen molar-refractivity contribution in [1.82, 2.24) is 4.98 Å². The highest BCUT2D eigenvalue weighted by molar-refractivity contribution is 5.78. The lowest BCUT2D eigenvalue weighted by atomic mass is 9.93. The van der Waals surface area contributed by atoms with E-state index in [0.29, 0.717) is 18.9 Å². The van der Waals surface area contributed by atoms with Crippen molar-refractivity contribution in [2.24, 2.45) is 5.92 Å². The van der Waals surface area contributed by atoms with Gasteiger partial charge in [-0.1, -0.05) is 0 Å². The quantitative estimate of drug-likeness (QED) is 0.616. The van der Waals surface area contributed by atoms with Crippen LogP contribution in [0.4, 0.5) is 11.5 Å². The smallest absolute Gasteiger partial charge is 0.311 e. The number of aryl methyl sites for hydroxylation is 1. The fourth-order valence-electron chi connectivity index (χ4n) is 2.41. The van der Waals surface area contributed by atoms with Crippen molar-refractivity contribution >= 4 is 17.3 Å². The van der Waals surface area contributed by atoms with E-state index in [9.17, 15) is 14.9 Å². The molecule has 1 aromatic rings. The second kappa shape index (κ2) is 5.34. The number of carbonyl (C=O) groups excluding carboxylic acids is 1. The Labute approximate surface area is 111 Å². The van der Waals surface area contributed by atoms with E-state index < -0.39 is 4.92 Å². The van der Waals surface area contributed by atoms with Crippen molar-refractivity contribution in [3.8, 4) is 0 Å². The molecule has 0 spiro atoms. The highest BCUT2D eigenvalue weighted by Crippen LogP contribution is 2.29. The van der Waals surface area contributed by atoms with Crippen LogP contribution in [-0.2, 0) is 4.79 Å². The molecule has 2 heterocycles. The van der Waals surface area contributed by atoms with Gasteiger partial charge in [0, 0.05) is 30.8 Å². The van der Waals surface area contributed by atoms with E-state index in [-0.39, 0.29) is 17.4 Å². The molecule has 1 aliphatic rings. The zero-order valence-electron chi connectivity index (χ0n) is 11.1. The SMILES string of the molecule is CC(=O)C1CCN(c2nc(C)ccc2[N+](=O)[O-])CC1. The van der Waals surface area contributed by atoms with E-state index in [1.807, 2.05) is 11.8 Å². The fourth-order valence-corrected chi connectivity index (χ4v) is 2.41. The average Bonchev–Trinajstić information content (AvgIpc) is 2.38. The van der Waals surface area contributed by atoms with Gasteiger partial charge < -0.3 is 4.90 Å². The number of ketones is 1. The van der Waals surface area contributed by atoms with Crippen molar-refractivity contribution in [2.45, 2.75) is 26.7 Å². The predicted molar refractivity (Wildman–Crippen MR) is 71.2 cm³/mol. The van der Waals surface area contributed by atoms with E-state index in [1.165, 1.54) is 6.07 Å². The first-order valence-electron chi connectivity index (χ1n) is 6.36. The molecule has 0 saturated carbocycles. The maximum atomic E-state index is 11.3. The van der Waals surface area contributed by atoms with Crippen molar-refractivity contribution in [3.05, 3.63) is 27.9 Å². The van der Waals surface area contributed by atoms with Crippen LogP contribution in [0.5, 0.6) is 0 Å². The molecule has 0 atom stereocenters. The van der Waals surface area contributed by atoms with Gasteiger partial charge in [0.15, 0.2) is 0 Å². The van der Waals surface area contributed by atoms with Gasteiger partial charge in [-0.15, -0.1) is 0 Å². The first-order valence-corrected chi connectivity index (χ1v) is 6.36. The van der Waals surface area contributed by atoms with Crippen LogP contribution < -0.4 is 4.90 Å². The Bertz CT molecular complexity index is 508. The molecule has 102 valence electrons. The highest BCUT2D eigenvalue weighted by Gasteiger charge is 2.27. The molecular formula is C13H17N3O3. The van der Waals surface area contributed by atoms with E-state index in [4.69, 9.17) is 0 Å². The number of nitrogens with zero attached hydrogens (tertiary/aromatic N) is 3. The van der Waals surface area contributed by atoms with Gasteiger partial charge >= 0.3 is 5.69 Å². The summed E-state index contributed by atoms with van der Waals surface area (Å²) in [5.74, 6) is 0.707. The summed E-state index contributed by atoms with van der Waals surface area (Å²) in [6, 6.07) is 3.14. The van der Waals surface area contributed by atoms with Gasteiger partial charge in [-0.3, -0.25) is 14.9 Å². The number of rotatable bonds is 3. The third-order valence-electron chi connectivity index (χ3n) is 3.56. The van der Waals surface area contributed by atoms with Crippen LogP contribution in [0.25, 0.3) is 0 Å². The van der Waals surface area contributed by atoms with E-state index in [2.05, 4.69) is 4.98 Å². The Morgan fingerprint density at radius 1 is 1.42 bits per heavy atom. The van der Waals surface area contributed by atoms with Crippen LogP contribution in [0.15, 0.2) is 12.1 Å². The number of Topliss-reactive ketones (excluding diaryl/α,β-unsaturated/α-hetero) is 1. The molecule has 0 bridgehead atoms.